The third-order valence-corrected chi connectivity index (χ3v) is 4.49. The Morgan fingerprint density at radius 1 is 1.20 bits per heavy atom. The first kappa shape index (κ1) is 15.2. The van der Waals surface area contributed by atoms with Gasteiger partial charge in [-0.3, -0.25) is 4.79 Å². The second kappa shape index (κ2) is 4.98. The number of amides is 1. The van der Waals surface area contributed by atoms with Crippen LogP contribution in [0.25, 0.3) is 0 Å². The summed E-state index contributed by atoms with van der Waals surface area (Å²) < 4.78 is 0. The normalized spacial score (nSPS) is 17.0. The Hall–Kier alpha value is -1.17. The summed E-state index contributed by atoms with van der Waals surface area (Å²) in [6.07, 6.45) is 0. The van der Waals surface area contributed by atoms with Gasteiger partial charge in [-0.1, -0.05) is 32.1 Å². The minimum Gasteiger partial charge on any atom is -0.351 e. The van der Waals surface area contributed by atoms with Crippen molar-refractivity contribution in [2.45, 2.75) is 52.5 Å². The van der Waals surface area contributed by atoms with Crippen molar-refractivity contribution in [2.24, 2.45) is 5.92 Å². The van der Waals surface area contributed by atoms with Gasteiger partial charge in [-0.05, 0) is 20.8 Å². The highest BCUT2D eigenvalue weighted by Crippen LogP contribution is 2.33. The van der Waals surface area contributed by atoms with Crippen molar-refractivity contribution in [3.8, 4) is 0 Å². The molecule has 0 radical (unpaired) electrons. The highest BCUT2D eigenvalue weighted by Gasteiger charge is 2.36. The van der Waals surface area contributed by atoms with Gasteiger partial charge in [0.1, 0.15) is 5.01 Å². The van der Waals surface area contributed by atoms with Crippen LogP contribution in [0.3, 0.4) is 0 Å². The molecule has 2 rings (SSSR count). The second-order valence-corrected chi connectivity index (χ2v) is 8.44. The van der Waals surface area contributed by atoms with Crippen molar-refractivity contribution < 1.29 is 4.79 Å². The second-order valence-electron chi connectivity index (χ2n) is 7.48. The first-order valence-electron chi connectivity index (χ1n) is 6.97. The van der Waals surface area contributed by atoms with E-state index in [1.807, 2.05) is 20.8 Å². The summed E-state index contributed by atoms with van der Waals surface area (Å²) in [7, 11) is 0. The number of anilines is 1. The molecule has 1 aliphatic rings. The Bertz CT molecular complexity index is 492. The molecule has 112 valence electrons. The predicted octanol–water partition coefficient (Wildman–Crippen LogP) is 2.19. The average molecular weight is 296 g/mol. The number of rotatable bonds is 2. The molecule has 0 unspecified atom stereocenters. The highest BCUT2D eigenvalue weighted by molar-refractivity contribution is 7.15. The minimum atomic E-state index is -0.167. The van der Waals surface area contributed by atoms with Gasteiger partial charge in [-0.2, -0.15) is 0 Å². The fourth-order valence-corrected chi connectivity index (χ4v) is 2.84. The Kier molecular flexibility index (Phi) is 3.79. The Morgan fingerprint density at radius 3 is 2.25 bits per heavy atom. The summed E-state index contributed by atoms with van der Waals surface area (Å²) in [5.74, 6) is 0.200. The summed E-state index contributed by atoms with van der Waals surface area (Å²) in [5.41, 5.74) is -0.135. The van der Waals surface area contributed by atoms with Gasteiger partial charge in [0.05, 0.1) is 5.92 Å². The third-order valence-electron chi connectivity index (χ3n) is 3.08. The topological polar surface area (TPSA) is 58.1 Å². The molecule has 0 atom stereocenters. The molecule has 1 saturated heterocycles. The molecule has 0 aromatic carbocycles. The standard InChI is InChI=1S/C14H24N4OS/c1-13(2,3)11-16-17-12(20-11)18-7-9(8-18)10(19)15-14(4,5)6/h9H,7-8H2,1-6H3,(H,15,19). The summed E-state index contributed by atoms with van der Waals surface area (Å²) in [4.78, 5) is 14.1. The van der Waals surface area contributed by atoms with Gasteiger partial charge >= 0.3 is 0 Å². The fourth-order valence-electron chi connectivity index (χ4n) is 1.92. The van der Waals surface area contributed by atoms with Crippen molar-refractivity contribution >= 4 is 22.4 Å². The number of aromatic nitrogens is 2. The fraction of sp³-hybridized carbons (Fsp3) is 0.786. The maximum Gasteiger partial charge on any atom is 0.227 e. The van der Waals surface area contributed by atoms with Crippen LogP contribution in [0.2, 0.25) is 0 Å². The Balaban J connectivity index is 1.90. The van der Waals surface area contributed by atoms with Crippen LogP contribution in [0.4, 0.5) is 5.13 Å². The summed E-state index contributed by atoms with van der Waals surface area (Å²) in [6, 6.07) is 0. The van der Waals surface area contributed by atoms with E-state index < -0.39 is 0 Å². The first-order valence-corrected chi connectivity index (χ1v) is 7.79. The molecule has 1 aromatic rings. The van der Waals surface area contributed by atoms with E-state index in [1.54, 1.807) is 11.3 Å². The molecule has 1 aromatic heterocycles. The highest BCUT2D eigenvalue weighted by atomic mass is 32.1. The van der Waals surface area contributed by atoms with E-state index in [9.17, 15) is 4.79 Å². The third kappa shape index (κ3) is 3.48. The largest absolute Gasteiger partial charge is 0.351 e. The van der Waals surface area contributed by atoms with Crippen molar-refractivity contribution in [2.75, 3.05) is 18.0 Å². The van der Waals surface area contributed by atoms with Crippen LogP contribution in [0.15, 0.2) is 0 Å². The number of hydrogen-bond acceptors (Lipinski definition) is 5. The molecule has 5 nitrogen and oxygen atoms in total. The minimum absolute atomic E-state index is 0.0315. The van der Waals surface area contributed by atoms with E-state index in [2.05, 4.69) is 41.2 Å². The van der Waals surface area contributed by atoms with Crippen LogP contribution < -0.4 is 10.2 Å². The van der Waals surface area contributed by atoms with Crippen LogP contribution in [-0.4, -0.2) is 34.7 Å². The van der Waals surface area contributed by atoms with Gasteiger partial charge in [0.25, 0.3) is 0 Å². The summed E-state index contributed by atoms with van der Waals surface area (Å²) >= 11 is 1.62. The van der Waals surface area contributed by atoms with Gasteiger partial charge < -0.3 is 10.2 Å². The summed E-state index contributed by atoms with van der Waals surface area (Å²) in [6.45, 7) is 13.9. The van der Waals surface area contributed by atoms with E-state index in [-0.39, 0.29) is 22.8 Å². The molecule has 1 N–H and O–H groups in total. The van der Waals surface area contributed by atoms with Crippen LogP contribution in [0.1, 0.15) is 46.6 Å². The molecule has 6 heteroatoms. The molecule has 0 aliphatic carbocycles. The maximum absolute atomic E-state index is 12.0. The Morgan fingerprint density at radius 2 is 1.80 bits per heavy atom. The molecule has 1 aliphatic heterocycles. The quantitative estimate of drug-likeness (QED) is 0.909. The molecule has 0 saturated carbocycles. The number of nitrogens with zero attached hydrogens (tertiary/aromatic N) is 3. The first-order chi connectivity index (χ1) is 9.06. The predicted molar refractivity (Wildman–Crippen MR) is 82.2 cm³/mol. The van der Waals surface area contributed by atoms with E-state index in [4.69, 9.17) is 0 Å². The zero-order chi connectivity index (χ0) is 15.1. The molecule has 1 amide bonds. The molecule has 0 spiro atoms. The number of nitrogens with one attached hydrogen (secondary N) is 1. The summed E-state index contributed by atoms with van der Waals surface area (Å²) in [5, 5.41) is 13.5. The molecule has 1 fully saturated rings. The maximum atomic E-state index is 12.0. The van der Waals surface area contributed by atoms with E-state index in [0.717, 1.165) is 23.2 Å². The molecule has 0 bridgehead atoms. The molecular formula is C14H24N4OS. The van der Waals surface area contributed by atoms with E-state index in [1.165, 1.54) is 0 Å². The average Bonchev–Trinajstić information content (AvgIpc) is 2.60. The molecule has 20 heavy (non-hydrogen) atoms. The lowest BCUT2D eigenvalue weighted by molar-refractivity contribution is -0.127. The van der Waals surface area contributed by atoms with Crippen molar-refractivity contribution in [1.29, 1.82) is 0 Å². The Labute approximate surface area is 124 Å². The lowest BCUT2D eigenvalue weighted by Gasteiger charge is -2.39. The van der Waals surface area contributed by atoms with Crippen LogP contribution >= 0.6 is 11.3 Å². The lowest BCUT2D eigenvalue weighted by atomic mass is 9.98. The van der Waals surface area contributed by atoms with Gasteiger partial charge in [0.2, 0.25) is 11.0 Å². The van der Waals surface area contributed by atoms with E-state index in [0.29, 0.717) is 0 Å². The number of hydrogen-bond donors (Lipinski definition) is 1. The zero-order valence-electron chi connectivity index (χ0n) is 13.1. The van der Waals surface area contributed by atoms with Crippen LogP contribution in [0.5, 0.6) is 0 Å². The van der Waals surface area contributed by atoms with E-state index >= 15 is 0 Å². The van der Waals surface area contributed by atoms with Gasteiger partial charge in [0.15, 0.2) is 0 Å². The smallest absolute Gasteiger partial charge is 0.227 e. The lowest BCUT2D eigenvalue weighted by Crippen LogP contribution is -2.56. The van der Waals surface area contributed by atoms with Crippen LogP contribution in [0, 0.1) is 5.92 Å². The number of carbonyl (C=O) groups excluding carboxylic acids is 1. The van der Waals surface area contributed by atoms with Crippen LogP contribution in [-0.2, 0) is 10.2 Å². The SMILES string of the molecule is CC(C)(C)NC(=O)C1CN(c2nnc(C(C)(C)C)s2)C1. The van der Waals surface area contributed by atoms with Crippen molar-refractivity contribution in [1.82, 2.24) is 15.5 Å². The van der Waals surface area contributed by atoms with Crippen molar-refractivity contribution in [3.05, 3.63) is 5.01 Å². The molecule has 2 heterocycles. The monoisotopic (exact) mass is 296 g/mol. The van der Waals surface area contributed by atoms with Gasteiger partial charge in [0, 0.05) is 24.0 Å². The van der Waals surface area contributed by atoms with Gasteiger partial charge in [-0.25, -0.2) is 0 Å². The van der Waals surface area contributed by atoms with Gasteiger partial charge in [-0.15, -0.1) is 10.2 Å². The zero-order valence-corrected chi connectivity index (χ0v) is 14.0. The van der Waals surface area contributed by atoms with Crippen molar-refractivity contribution in [3.63, 3.8) is 0 Å². The number of carbonyl (C=O) groups is 1. The molecular weight excluding hydrogens is 272 g/mol.